The van der Waals surface area contributed by atoms with Gasteiger partial charge in [-0.3, -0.25) is 4.90 Å². The SMILES string of the molecule is C=CCOC(=O)NCc1cccc(-c2cccc([C@@H]3O[C@H](CN(Cc4ccccc4)Cc4ccccc4)C[C@H](c4ccc(CO)cc4)O3)c2)c1. The van der Waals surface area contributed by atoms with Crippen LogP contribution in [0.2, 0.25) is 0 Å². The molecule has 5 aromatic carbocycles. The van der Waals surface area contributed by atoms with Crippen LogP contribution in [0.15, 0.2) is 146 Å². The first kappa shape index (κ1) is 34.8. The zero-order chi connectivity index (χ0) is 34.5. The fraction of sp³-hybridized carbons (Fsp3) is 0.233. The number of nitrogens with one attached hydrogen (secondary N) is 1. The molecule has 3 atom stereocenters. The number of amides is 1. The Bertz CT molecular complexity index is 1770. The fourth-order valence-electron chi connectivity index (χ4n) is 6.27. The van der Waals surface area contributed by atoms with Crippen molar-refractivity contribution in [3.63, 3.8) is 0 Å². The highest BCUT2D eigenvalue weighted by atomic mass is 16.7. The summed E-state index contributed by atoms with van der Waals surface area (Å²) in [5.74, 6) is 0. The average Bonchev–Trinajstić information content (AvgIpc) is 3.17. The van der Waals surface area contributed by atoms with Crippen LogP contribution in [0.5, 0.6) is 0 Å². The van der Waals surface area contributed by atoms with Gasteiger partial charge < -0.3 is 24.6 Å². The number of rotatable bonds is 14. The topological polar surface area (TPSA) is 80.3 Å². The summed E-state index contributed by atoms with van der Waals surface area (Å²) in [4.78, 5) is 14.4. The molecule has 1 aliphatic heterocycles. The molecular formula is C43H44N2O5. The molecule has 0 radical (unpaired) electrons. The molecule has 256 valence electrons. The quantitative estimate of drug-likeness (QED) is 0.116. The Hall–Kier alpha value is -5.05. The van der Waals surface area contributed by atoms with Gasteiger partial charge in [-0.2, -0.15) is 0 Å². The van der Waals surface area contributed by atoms with E-state index in [9.17, 15) is 9.90 Å². The highest BCUT2D eigenvalue weighted by Gasteiger charge is 2.33. The number of nitrogens with zero attached hydrogens (tertiary/aromatic N) is 1. The maximum Gasteiger partial charge on any atom is 0.407 e. The Labute approximate surface area is 294 Å². The van der Waals surface area contributed by atoms with E-state index in [1.54, 1.807) is 0 Å². The first-order valence-electron chi connectivity index (χ1n) is 17.1. The van der Waals surface area contributed by atoms with Gasteiger partial charge in [-0.25, -0.2) is 4.79 Å². The Kier molecular flexibility index (Phi) is 12.2. The molecule has 0 saturated carbocycles. The van der Waals surface area contributed by atoms with Gasteiger partial charge in [0.25, 0.3) is 0 Å². The molecule has 6 rings (SSSR count). The minimum absolute atomic E-state index is 0.00243. The first-order valence-corrected chi connectivity index (χ1v) is 17.1. The summed E-state index contributed by atoms with van der Waals surface area (Å²) < 4.78 is 18.6. The molecule has 1 aliphatic rings. The lowest BCUT2D eigenvalue weighted by molar-refractivity contribution is -0.253. The molecule has 1 saturated heterocycles. The van der Waals surface area contributed by atoms with E-state index in [4.69, 9.17) is 14.2 Å². The van der Waals surface area contributed by atoms with Crippen LogP contribution in [0.4, 0.5) is 4.79 Å². The molecule has 1 fully saturated rings. The summed E-state index contributed by atoms with van der Waals surface area (Å²) in [5, 5.41) is 12.4. The van der Waals surface area contributed by atoms with E-state index in [0.29, 0.717) is 13.0 Å². The van der Waals surface area contributed by atoms with Crippen LogP contribution in [0.1, 0.15) is 52.2 Å². The molecule has 2 N–H and O–H groups in total. The molecule has 1 amide bonds. The maximum absolute atomic E-state index is 12.0. The summed E-state index contributed by atoms with van der Waals surface area (Å²) in [6.45, 7) is 6.40. The number of aliphatic hydroxyl groups excluding tert-OH is 1. The summed E-state index contributed by atoms with van der Waals surface area (Å²) in [5.41, 5.74) is 8.35. The molecule has 0 aromatic heterocycles. The summed E-state index contributed by atoms with van der Waals surface area (Å²) in [6, 6.07) is 45.5. The normalized spacial score (nSPS) is 17.3. The number of hydrogen-bond acceptors (Lipinski definition) is 6. The smallest absolute Gasteiger partial charge is 0.407 e. The van der Waals surface area contributed by atoms with Crippen molar-refractivity contribution >= 4 is 6.09 Å². The van der Waals surface area contributed by atoms with Gasteiger partial charge in [0, 0.05) is 38.2 Å². The number of ether oxygens (including phenoxy) is 3. The van der Waals surface area contributed by atoms with Crippen molar-refractivity contribution in [2.75, 3.05) is 13.2 Å². The molecule has 0 bridgehead atoms. The van der Waals surface area contributed by atoms with Crippen molar-refractivity contribution < 1.29 is 24.1 Å². The van der Waals surface area contributed by atoms with E-state index in [1.165, 1.54) is 17.2 Å². The van der Waals surface area contributed by atoms with Crippen LogP contribution in [-0.4, -0.2) is 35.4 Å². The minimum atomic E-state index is -0.587. The number of aliphatic hydroxyl groups is 1. The van der Waals surface area contributed by atoms with Gasteiger partial charge in [-0.1, -0.05) is 134 Å². The molecule has 0 unspecified atom stereocenters. The number of benzene rings is 5. The predicted octanol–water partition coefficient (Wildman–Crippen LogP) is 8.51. The summed E-state index contributed by atoms with van der Waals surface area (Å²) >= 11 is 0. The van der Waals surface area contributed by atoms with E-state index in [1.807, 2.05) is 54.6 Å². The number of carbonyl (C=O) groups is 1. The molecule has 0 spiro atoms. The summed E-state index contributed by atoms with van der Waals surface area (Å²) in [7, 11) is 0. The van der Waals surface area contributed by atoms with E-state index >= 15 is 0 Å². The minimum Gasteiger partial charge on any atom is -0.445 e. The van der Waals surface area contributed by atoms with Crippen LogP contribution < -0.4 is 5.32 Å². The molecule has 7 heteroatoms. The highest BCUT2D eigenvalue weighted by molar-refractivity contribution is 5.68. The van der Waals surface area contributed by atoms with Crippen LogP contribution in [0.25, 0.3) is 11.1 Å². The average molecular weight is 669 g/mol. The third kappa shape index (κ3) is 9.77. The largest absolute Gasteiger partial charge is 0.445 e. The second-order valence-electron chi connectivity index (χ2n) is 12.6. The molecule has 50 heavy (non-hydrogen) atoms. The van der Waals surface area contributed by atoms with Crippen molar-refractivity contribution in [1.29, 1.82) is 0 Å². The zero-order valence-electron chi connectivity index (χ0n) is 28.2. The molecule has 0 aliphatic carbocycles. The summed E-state index contributed by atoms with van der Waals surface area (Å²) in [6.07, 6.45) is 0.860. The van der Waals surface area contributed by atoms with E-state index in [2.05, 4.69) is 95.7 Å². The molecule has 7 nitrogen and oxygen atoms in total. The Morgan fingerprint density at radius 1 is 0.760 bits per heavy atom. The highest BCUT2D eigenvalue weighted by Crippen LogP contribution is 2.39. The van der Waals surface area contributed by atoms with Crippen LogP contribution in [-0.2, 0) is 40.5 Å². The monoisotopic (exact) mass is 668 g/mol. The van der Waals surface area contributed by atoms with E-state index in [0.717, 1.165) is 53.0 Å². The van der Waals surface area contributed by atoms with Crippen molar-refractivity contribution in [2.45, 2.75) is 51.2 Å². The lowest BCUT2D eigenvalue weighted by Gasteiger charge is -2.38. The van der Waals surface area contributed by atoms with Gasteiger partial charge in [0.05, 0.1) is 18.8 Å². The van der Waals surface area contributed by atoms with Gasteiger partial charge in [-0.05, 0) is 51.1 Å². The van der Waals surface area contributed by atoms with Crippen LogP contribution >= 0.6 is 0 Å². The van der Waals surface area contributed by atoms with Crippen LogP contribution in [0.3, 0.4) is 0 Å². The second kappa shape index (κ2) is 17.6. The van der Waals surface area contributed by atoms with Gasteiger partial charge in [0.2, 0.25) is 0 Å². The fourth-order valence-corrected chi connectivity index (χ4v) is 6.27. The van der Waals surface area contributed by atoms with Gasteiger partial charge >= 0.3 is 6.09 Å². The van der Waals surface area contributed by atoms with Gasteiger partial charge in [0.1, 0.15) is 6.61 Å². The lowest BCUT2D eigenvalue weighted by atomic mass is 9.98. The molecular weight excluding hydrogens is 624 g/mol. The third-order valence-corrected chi connectivity index (χ3v) is 8.76. The predicted molar refractivity (Wildman–Crippen MR) is 196 cm³/mol. The standard InChI is InChI=1S/C43H44N2O5/c1-2-23-48-43(47)44-27-35-15-9-16-37(24-35)38-17-10-18-39(25-38)42-49-40(26-41(50-42)36-21-19-34(31-46)20-22-36)30-45(28-32-11-5-3-6-12-32)29-33-13-7-4-8-14-33/h2-22,24-25,40-42,46H,1,23,26-31H2,(H,44,47)/t40-,41+,42+/m0/s1. The number of hydrogen-bond donors (Lipinski definition) is 2. The zero-order valence-corrected chi connectivity index (χ0v) is 28.2. The number of alkyl carbamates (subject to hydrolysis) is 1. The maximum atomic E-state index is 12.0. The first-order chi connectivity index (χ1) is 24.6. The Balaban J connectivity index is 1.24. The Morgan fingerprint density at radius 2 is 1.40 bits per heavy atom. The van der Waals surface area contributed by atoms with Crippen molar-refractivity contribution in [1.82, 2.24) is 10.2 Å². The van der Waals surface area contributed by atoms with Gasteiger partial charge in [0.15, 0.2) is 6.29 Å². The van der Waals surface area contributed by atoms with Crippen molar-refractivity contribution in [3.05, 3.63) is 179 Å². The van der Waals surface area contributed by atoms with E-state index in [-0.39, 0.29) is 25.4 Å². The number of carbonyl (C=O) groups excluding carboxylic acids is 1. The van der Waals surface area contributed by atoms with E-state index < -0.39 is 12.4 Å². The Morgan fingerprint density at radius 3 is 2.06 bits per heavy atom. The molecule has 1 heterocycles. The third-order valence-electron chi connectivity index (χ3n) is 8.76. The lowest BCUT2D eigenvalue weighted by Crippen LogP contribution is -2.39. The second-order valence-corrected chi connectivity index (χ2v) is 12.6. The molecule has 5 aromatic rings. The van der Waals surface area contributed by atoms with Crippen molar-refractivity contribution in [2.24, 2.45) is 0 Å². The van der Waals surface area contributed by atoms with Crippen molar-refractivity contribution in [3.8, 4) is 11.1 Å². The van der Waals surface area contributed by atoms with Gasteiger partial charge in [-0.15, -0.1) is 0 Å². The van der Waals surface area contributed by atoms with Crippen LogP contribution in [0, 0.1) is 0 Å².